The van der Waals surface area contributed by atoms with Gasteiger partial charge in [0.05, 0.1) is 5.52 Å². The molecule has 7 nitrogen and oxygen atoms in total. The lowest BCUT2D eigenvalue weighted by Crippen LogP contribution is -2.46. The zero-order valence-corrected chi connectivity index (χ0v) is 22.4. The lowest BCUT2D eigenvalue weighted by atomic mass is 9.72. The molecule has 2 atom stereocenters. The Morgan fingerprint density at radius 2 is 1.84 bits per heavy atom. The molecule has 3 aromatic rings. The van der Waals surface area contributed by atoms with Crippen LogP contribution < -0.4 is 15.5 Å². The molecule has 0 saturated carbocycles. The highest BCUT2D eigenvalue weighted by molar-refractivity contribution is 5.98. The van der Waals surface area contributed by atoms with Crippen molar-refractivity contribution in [2.45, 2.75) is 51.5 Å². The van der Waals surface area contributed by atoms with E-state index in [9.17, 15) is 4.79 Å². The van der Waals surface area contributed by atoms with Crippen molar-refractivity contribution in [3.63, 3.8) is 0 Å². The van der Waals surface area contributed by atoms with Crippen LogP contribution in [0.4, 0.5) is 11.4 Å². The van der Waals surface area contributed by atoms with Crippen LogP contribution >= 0.6 is 0 Å². The number of hydrogen-bond acceptors (Lipinski definition) is 7. The molecule has 200 valence electrons. The zero-order chi connectivity index (χ0) is 26.1. The number of hydrogen-bond donors (Lipinski definition) is 1. The van der Waals surface area contributed by atoms with Crippen LogP contribution in [0.5, 0.6) is 0 Å². The summed E-state index contributed by atoms with van der Waals surface area (Å²) in [5.74, 6) is 0.536. The number of carbonyl (C=O) groups is 1. The van der Waals surface area contributed by atoms with E-state index in [1.165, 1.54) is 31.4 Å². The molecule has 0 bridgehead atoms. The molecule has 2 N–H and O–H groups in total. The fraction of sp³-hybridized carbons (Fsp3) is 0.516. The van der Waals surface area contributed by atoms with Crippen LogP contribution in [0.15, 0.2) is 48.8 Å². The van der Waals surface area contributed by atoms with Gasteiger partial charge < -0.3 is 20.3 Å². The number of piperidine rings is 2. The molecular weight excluding hydrogens is 474 g/mol. The molecule has 1 aromatic carbocycles. The van der Waals surface area contributed by atoms with Gasteiger partial charge in [0.15, 0.2) is 5.78 Å². The summed E-state index contributed by atoms with van der Waals surface area (Å²) in [5.41, 5.74) is 11.3. The largest absolute Gasteiger partial charge is 0.381 e. The first-order chi connectivity index (χ1) is 18.5. The Hall–Kier alpha value is -3.03. The number of rotatable bonds is 5. The maximum atomic E-state index is 13.4. The molecule has 0 unspecified atom stereocenters. The van der Waals surface area contributed by atoms with E-state index in [1.807, 2.05) is 24.4 Å². The summed E-state index contributed by atoms with van der Waals surface area (Å²) in [4.78, 5) is 27.4. The van der Waals surface area contributed by atoms with Crippen molar-refractivity contribution >= 4 is 28.1 Å². The van der Waals surface area contributed by atoms with E-state index in [-0.39, 0.29) is 18.2 Å². The number of ether oxygens (including phenoxy) is 1. The Morgan fingerprint density at radius 1 is 1.05 bits per heavy atom. The Morgan fingerprint density at radius 3 is 2.63 bits per heavy atom. The summed E-state index contributed by atoms with van der Waals surface area (Å²) in [7, 11) is 0. The summed E-state index contributed by atoms with van der Waals surface area (Å²) in [6.45, 7) is 7.92. The van der Waals surface area contributed by atoms with Gasteiger partial charge in [-0.3, -0.25) is 9.78 Å². The number of anilines is 2. The predicted molar refractivity (Wildman–Crippen MR) is 152 cm³/mol. The third kappa shape index (κ3) is 5.27. The standard InChI is InChI=1S/C31H39N5O2/c1-22-16-25(32)21-36(20-22)29-6-11-33-19-24(29)17-30(37)27-5-3-23-2-4-26(18-28(23)34-27)35-12-7-31(8-13-35)9-14-38-15-10-31/h2-6,11,18-19,22,25H,7-10,12-17,20-21,32H2,1H3/t22-,25+/m1/s1. The molecule has 3 fully saturated rings. The first kappa shape index (κ1) is 25.3. The third-order valence-corrected chi connectivity index (χ3v) is 8.97. The van der Waals surface area contributed by atoms with E-state index in [2.05, 4.69) is 39.9 Å². The summed E-state index contributed by atoms with van der Waals surface area (Å²) in [6.07, 6.45) is 9.74. The van der Waals surface area contributed by atoms with Crippen molar-refractivity contribution in [3.8, 4) is 0 Å². The van der Waals surface area contributed by atoms with Gasteiger partial charge in [0, 0.05) is 86.6 Å². The average molecular weight is 514 g/mol. The van der Waals surface area contributed by atoms with Crippen LogP contribution in [0, 0.1) is 11.3 Å². The number of pyridine rings is 2. The third-order valence-electron chi connectivity index (χ3n) is 8.97. The minimum atomic E-state index is 0.0142. The van der Waals surface area contributed by atoms with Crippen molar-refractivity contribution < 1.29 is 9.53 Å². The second-order valence-electron chi connectivity index (χ2n) is 11.8. The number of aromatic nitrogens is 2. The van der Waals surface area contributed by atoms with Gasteiger partial charge >= 0.3 is 0 Å². The molecule has 5 heterocycles. The topological polar surface area (TPSA) is 84.6 Å². The minimum Gasteiger partial charge on any atom is -0.381 e. The van der Waals surface area contributed by atoms with Crippen LogP contribution in [-0.4, -0.2) is 61.2 Å². The Labute approximate surface area is 225 Å². The Bertz CT molecular complexity index is 1280. The normalized spacial score (nSPS) is 23.6. The molecule has 0 radical (unpaired) electrons. The van der Waals surface area contributed by atoms with Gasteiger partial charge in [-0.05, 0) is 67.7 Å². The van der Waals surface area contributed by atoms with Gasteiger partial charge in [0.1, 0.15) is 5.69 Å². The summed E-state index contributed by atoms with van der Waals surface area (Å²) in [5, 5.41) is 1.06. The zero-order valence-electron chi connectivity index (χ0n) is 22.4. The van der Waals surface area contributed by atoms with E-state index >= 15 is 0 Å². The van der Waals surface area contributed by atoms with Crippen LogP contribution in [0.25, 0.3) is 10.9 Å². The molecule has 0 aliphatic carbocycles. The predicted octanol–water partition coefficient (Wildman–Crippen LogP) is 4.63. The second-order valence-corrected chi connectivity index (χ2v) is 11.8. The number of carbonyl (C=O) groups excluding carboxylic acids is 1. The lowest BCUT2D eigenvalue weighted by molar-refractivity contribution is 0.00212. The molecule has 3 aliphatic rings. The van der Waals surface area contributed by atoms with Crippen LogP contribution in [-0.2, 0) is 11.2 Å². The van der Waals surface area contributed by atoms with Gasteiger partial charge in [-0.25, -0.2) is 4.98 Å². The molecule has 7 heteroatoms. The first-order valence-corrected chi connectivity index (χ1v) is 14.2. The molecular formula is C31H39N5O2. The van der Waals surface area contributed by atoms with Gasteiger partial charge in [-0.2, -0.15) is 0 Å². The molecule has 1 spiro atoms. The smallest absolute Gasteiger partial charge is 0.185 e. The van der Waals surface area contributed by atoms with Crippen LogP contribution in [0.3, 0.4) is 0 Å². The fourth-order valence-electron chi connectivity index (χ4n) is 6.73. The highest BCUT2D eigenvalue weighted by Gasteiger charge is 2.36. The Balaban J connectivity index is 1.18. The van der Waals surface area contributed by atoms with Gasteiger partial charge in [-0.1, -0.05) is 19.1 Å². The molecule has 3 saturated heterocycles. The Kier molecular flexibility index (Phi) is 7.06. The van der Waals surface area contributed by atoms with E-state index in [0.717, 1.165) is 68.0 Å². The van der Waals surface area contributed by atoms with Crippen molar-refractivity contribution in [2.24, 2.45) is 17.1 Å². The number of ketones is 1. The molecule has 3 aliphatic heterocycles. The van der Waals surface area contributed by atoms with E-state index in [4.69, 9.17) is 15.5 Å². The highest BCUT2D eigenvalue weighted by atomic mass is 16.5. The SMILES string of the molecule is C[C@@H]1C[C@H](N)CN(c2ccncc2CC(=O)c2ccc3ccc(N4CCC5(CCOCC5)CC4)cc3n2)C1. The number of nitrogens with zero attached hydrogens (tertiary/aromatic N) is 4. The van der Waals surface area contributed by atoms with Crippen molar-refractivity contribution in [3.05, 3.63) is 60.0 Å². The number of benzene rings is 1. The lowest BCUT2D eigenvalue weighted by Gasteiger charge is -2.44. The van der Waals surface area contributed by atoms with E-state index in [0.29, 0.717) is 17.0 Å². The van der Waals surface area contributed by atoms with E-state index in [1.54, 1.807) is 6.20 Å². The molecule has 6 rings (SSSR count). The summed E-state index contributed by atoms with van der Waals surface area (Å²) >= 11 is 0. The van der Waals surface area contributed by atoms with Gasteiger partial charge in [-0.15, -0.1) is 0 Å². The van der Waals surface area contributed by atoms with Crippen LogP contribution in [0.1, 0.15) is 55.1 Å². The molecule has 2 aromatic heterocycles. The monoisotopic (exact) mass is 513 g/mol. The maximum Gasteiger partial charge on any atom is 0.185 e. The van der Waals surface area contributed by atoms with Crippen molar-refractivity contribution in [1.29, 1.82) is 0 Å². The fourth-order valence-corrected chi connectivity index (χ4v) is 6.73. The number of Topliss-reactive ketones (excluding diaryl/α,β-unsaturated/α-hetero) is 1. The first-order valence-electron chi connectivity index (χ1n) is 14.2. The van der Waals surface area contributed by atoms with Gasteiger partial charge in [0.2, 0.25) is 0 Å². The van der Waals surface area contributed by atoms with Crippen molar-refractivity contribution in [2.75, 3.05) is 49.2 Å². The summed E-state index contributed by atoms with van der Waals surface area (Å²) in [6, 6.07) is 12.5. The number of nitrogens with two attached hydrogens (primary N) is 1. The average Bonchev–Trinajstić information content (AvgIpc) is 2.93. The van der Waals surface area contributed by atoms with E-state index < -0.39 is 0 Å². The minimum absolute atomic E-state index is 0.0142. The number of fused-ring (bicyclic) bond motifs is 1. The van der Waals surface area contributed by atoms with Crippen LogP contribution in [0.2, 0.25) is 0 Å². The maximum absolute atomic E-state index is 13.4. The second kappa shape index (κ2) is 10.6. The highest BCUT2D eigenvalue weighted by Crippen LogP contribution is 2.41. The molecule has 38 heavy (non-hydrogen) atoms. The van der Waals surface area contributed by atoms with Gasteiger partial charge in [0.25, 0.3) is 0 Å². The quantitative estimate of drug-likeness (QED) is 0.498. The summed E-state index contributed by atoms with van der Waals surface area (Å²) < 4.78 is 5.61. The van der Waals surface area contributed by atoms with Crippen molar-refractivity contribution in [1.82, 2.24) is 9.97 Å². The molecule has 0 amide bonds.